The maximum Gasteiger partial charge on any atom is 0.261 e. The van der Waals surface area contributed by atoms with Crippen LogP contribution in [0.25, 0.3) is 0 Å². The summed E-state index contributed by atoms with van der Waals surface area (Å²) in [5.74, 6) is 1.38. The van der Waals surface area contributed by atoms with Crippen LogP contribution in [0.4, 0.5) is 0 Å². The zero-order valence-corrected chi connectivity index (χ0v) is 22.2. The summed E-state index contributed by atoms with van der Waals surface area (Å²) < 4.78 is 16.4. The van der Waals surface area contributed by atoms with E-state index in [0.29, 0.717) is 23.7 Å². The predicted octanol–water partition coefficient (Wildman–Crippen LogP) is 4.64. The van der Waals surface area contributed by atoms with E-state index in [1.54, 1.807) is 43.4 Å². The molecular weight excluding hydrogens is 468 g/mol. The second-order valence-corrected chi connectivity index (χ2v) is 9.78. The van der Waals surface area contributed by atoms with E-state index in [-0.39, 0.29) is 25.0 Å². The molecule has 0 bridgehead atoms. The molecule has 1 unspecified atom stereocenters. The van der Waals surface area contributed by atoms with Crippen molar-refractivity contribution in [3.63, 3.8) is 0 Å². The third-order valence-corrected chi connectivity index (χ3v) is 5.68. The number of nitrogens with zero attached hydrogens (tertiary/aromatic N) is 1. The highest BCUT2D eigenvalue weighted by Crippen LogP contribution is 2.21. The standard InChI is InChI=1S/C30H36N2O5/c1-30(2,3)31-29(34)27(19-22-10-7-6-8-11-22)32(20-23-12-9-13-26(18-23)36-5)28(33)21-37-25-16-14-24(35-4)15-17-25/h6-18,27H,19-21H2,1-5H3,(H,31,34). The maximum absolute atomic E-state index is 13.7. The second-order valence-electron chi connectivity index (χ2n) is 9.78. The molecule has 0 aliphatic rings. The Labute approximate surface area is 219 Å². The summed E-state index contributed by atoms with van der Waals surface area (Å²) in [7, 11) is 3.19. The Morgan fingerprint density at radius 3 is 2.05 bits per heavy atom. The summed E-state index contributed by atoms with van der Waals surface area (Å²) in [5, 5.41) is 3.06. The van der Waals surface area contributed by atoms with Crippen molar-refractivity contribution < 1.29 is 23.8 Å². The first-order valence-corrected chi connectivity index (χ1v) is 12.2. The van der Waals surface area contributed by atoms with Crippen LogP contribution in [-0.2, 0) is 22.6 Å². The Kier molecular flexibility index (Phi) is 9.55. The van der Waals surface area contributed by atoms with Crippen LogP contribution in [0.15, 0.2) is 78.9 Å². The highest BCUT2D eigenvalue weighted by molar-refractivity contribution is 5.89. The SMILES string of the molecule is COc1ccc(OCC(=O)N(Cc2cccc(OC)c2)C(Cc2ccccc2)C(=O)NC(C)(C)C)cc1. The largest absolute Gasteiger partial charge is 0.497 e. The summed E-state index contributed by atoms with van der Waals surface area (Å²) in [6.07, 6.45) is 0.362. The molecule has 1 atom stereocenters. The van der Waals surface area contributed by atoms with Gasteiger partial charge in [-0.2, -0.15) is 0 Å². The molecule has 196 valence electrons. The van der Waals surface area contributed by atoms with E-state index in [0.717, 1.165) is 11.1 Å². The average molecular weight is 505 g/mol. The van der Waals surface area contributed by atoms with Gasteiger partial charge in [0.25, 0.3) is 5.91 Å². The minimum absolute atomic E-state index is 0.218. The van der Waals surface area contributed by atoms with E-state index in [4.69, 9.17) is 14.2 Å². The van der Waals surface area contributed by atoms with Crippen molar-refractivity contribution >= 4 is 11.8 Å². The van der Waals surface area contributed by atoms with Gasteiger partial charge in [-0.25, -0.2) is 0 Å². The van der Waals surface area contributed by atoms with Crippen molar-refractivity contribution in [3.05, 3.63) is 90.0 Å². The lowest BCUT2D eigenvalue weighted by Crippen LogP contribution is -2.55. The van der Waals surface area contributed by atoms with Gasteiger partial charge in [0, 0.05) is 18.5 Å². The van der Waals surface area contributed by atoms with Gasteiger partial charge < -0.3 is 24.4 Å². The highest BCUT2D eigenvalue weighted by Gasteiger charge is 2.32. The smallest absolute Gasteiger partial charge is 0.261 e. The van der Waals surface area contributed by atoms with E-state index < -0.39 is 11.6 Å². The van der Waals surface area contributed by atoms with Crippen molar-refractivity contribution in [3.8, 4) is 17.2 Å². The van der Waals surface area contributed by atoms with Crippen LogP contribution in [0, 0.1) is 0 Å². The summed E-state index contributed by atoms with van der Waals surface area (Å²) in [6, 6.07) is 23.4. The van der Waals surface area contributed by atoms with Gasteiger partial charge in [0.05, 0.1) is 14.2 Å². The topological polar surface area (TPSA) is 77.1 Å². The zero-order chi connectivity index (χ0) is 26.8. The normalized spacial score (nSPS) is 11.8. The Morgan fingerprint density at radius 1 is 0.811 bits per heavy atom. The molecule has 0 saturated carbocycles. The molecule has 37 heavy (non-hydrogen) atoms. The molecule has 0 saturated heterocycles. The molecule has 0 heterocycles. The molecule has 2 amide bonds. The monoisotopic (exact) mass is 504 g/mol. The minimum Gasteiger partial charge on any atom is -0.497 e. The summed E-state index contributed by atoms with van der Waals surface area (Å²) in [5.41, 5.74) is 1.34. The van der Waals surface area contributed by atoms with Gasteiger partial charge in [0.1, 0.15) is 23.3 Å². The molecule has 7 heteroatoms. The van der Waals surface area contributed by atoms with Gasteiger partial charge in [-0.15, -0.1) is 0 Å². The molecule has 0 aliphatic carbocycles. The number of carbonyl (C=O) groups is 2. The number of methoxy groups -OCH3 is 2. The molecule has 1 N–H and O–H groups in total. The van der Waals surface area contributed by atoms with Gasteiger partial charge in [0.2, 0.25) is 5.91 Å². The number of benzene rings is 3. The first-order valence-electron chi connectivity index (χ1n) is 12.2. The number of hydrogen-bond acceptors (Lipinski definition) is 5. The minimum atomic E-state index is -0.750. The fourth-order valence-corrected chi connectivity index (χ4v) is 3.87. The Morgan fingerprint density at radius 2 is 1.43 bits per heavy atom. The summed E-state index contributed by atoms with van der Waals surface area (Å²) in [4.78, 5) is 28.8. The Hall–Kier alpha value is -4.00. The first kappa shape index (κ1) is 27.6. The third-order valence-electron chi connectivity index (χ3n) is 5.68. The third kappa shape index (κ3) is 8.56. The number of carbonyl (C=O) groups excluding carboxylic acids is 2. The lowest BCUT2D eigenvalue weighted by molar-refractivity contribution is -0.143. The number of rotatable bonds is 11. The molecule has 7 nitrogen and oxygen atoms in total. The molecule has 0 spiro atoms. The predicted molar refractivity (Wildman–Crippen MR) is 144 cm³/mol. The van der Waals surface area contributed by atoms with Crippen LogP contribution in [0.3, 0.4) is 0 Å². The number of hydrogen-bond donors (Lipinski definition) is 1. The van der Waals surface area contributed by atoms with Crippen molar-refractivity contribution in [1.82, 2.24) is 10.2 Å². The fourth-order valence-electron chi connectivity index (χ4n) is 3.87. The van der Waals surface area contributed by atoms with E-state index >= 15 is 0 Å². The van der Waals surface area contributed by atoms with Gasteiger partial charge in [0.15, 0.2) is 6.61 Å². The van der Waals surface area contributed by atoms with Gasteiger partial charge >= 0.3 is 0 Å². The van der Waals surface area contributed by atoms with Crippen molar-refractivity contribution in [2.75, 3.05) is 20.8 Å². The van der Waals surface area contributed by atoms with Gasteiger partial charge in [-0.05, 0) is 68.3 Å². The van der Waals surface area contributed by atoms with Crippen molar-refractivity contribution in [2.24, 2.45) is 0 Å². The molecule has 3 aromatic carbocycles. The van der Waals surface area contributed by atoms with Crippen LogP contribution < -0.4 is 19.5 Å². The molecule has 0 fully saturated rings. The highest BCUT2D eigenvalue weighted by atomic mass is 16.5. The lowest BCUT2D eigenvalue weighted by Gasteiger charge is -2.33. The average Bonchev–Trinajstić information content (AvgIpc) is 2.89. The first-order chi connectivity index (χ1) is 17.7. The molecule has 0 aromatic heterocycles. The van der Waals surface area contributed by atoms with E-state index in [9.17, 15) is 9.59 Å². The van der Waals surface area contributed by atoms with Gasteiger partial charge in [-0.3, -0.25) is 9.59 Å². The molecule has 0 aliphatic heterocycles. The zero-order valence-electron chi connectivity index (χ0n) is 22.2. The van der Waals surface area contributed by atoms with Crippen LogP contribution in [0.5, 0.6) is 17.2 Å². The molecule has 3 rings (SSSR count). The maximum atomic E-state index is 13.7. The summed E-state index contributed by atoms with van der Waals surface area (Å²) >= 11 is 0. The lowest BCUT2D eigenvalue weighted by atomic mass is 10.0. The van der Waals surface area contributed by atoms with Crippen LogP contribution in [-0.4, -0.2) is 49.1 Å². The molecule has 0 radical (unpaired) electrons. The van der Waals surface area contributed by atoms with Crippen LogP contribution in [0.1, 0.15) is 31.9 Å². The van der Waals surface area contributed by atoms with Crippen LogP contribution >= 0.6 is 0 Å². The van der Waals surface area contributed by atoms with Crippen molar-refractivity contribution in [1.29, 1.82) is 0 Å². The quantitative estimate of drug-likeness (QED) is 0.412. The van der Waals surface area contributed by atoms with E-state index in [2.05, 4.69) is 5.32 Å². The fraction of sp³-hybridized carbons (Fsp3) is 0.333. The Balaban J connectivity index is 1.92. The number of amides is 2. The number of ether oxygens (including phenoxy) is 3. The van der Waals surface area contributed by atoms with E-state index in [1.165, 1.54) is 0 Å². The van der Waals surface area contributed by atoms with Crippen LogP contribution in [0.2, 0.25) is 0 Å². The Bertz CT molecular complexity index is 1160. The number of nitrogens with one attached hydrogen (secondary N) is 1. The molecule has 3 aromatic rings. The molecular formula is C30H36N2O5. The summed E-state index contributed by atoms with van der Waals surface area (Å²) in [6.45, 7) is 5.77. The van der Waals surface area contributed by atoms with Gasteiger partial charge in [-0.1, -0.05) is 42.5 Å². The van der Waals surface area contributed by atoms with Crippen molar-refractivity contribution in [2.45, 2.75) is 45.3 Å². The van der Waals surface area contributed by atoms with E-state index in [1.807, 2.05) is 75.4 Å². The second kappa shape index (κ2) is 12.8.